The molecule has 0 spiro atoms. The molecule has 4 nitrogen and oxygen atoms in total. The van der Waals surface area contributed by atoms with Crippen LogP contribution in [-0.2, 0) is 11.2 Å². The molecule has 0 aliphatic carbocycles. The van der Waals surface area contributed by atoms with Gasteiger partial charge in [0.1, 0.15) is 11.4 Å². The summed E-state index contributed by atoms with van der Waals surface area (Å²) < 4.78 is 5.29. The van der Waals surface area contributed by atoms with Crippen molar-refractivity contribution in [1.29, 1.82) is 0 Å². The number of pyridine rings is 1. The smallest absolute Gasteiger partial charge is 0.357 e. The number of carbonyl (C=O) groups excluding carboxylic acids is 1. The van der Waals surface area contributed by atoms with Gasteiger partial charge < -0.3 is 10.1 Å². The van der Waals surface area contributed by atoms with Gasteiger partial charge >= 0.3 is 5.97 Å². The van der Waals surface area contributed by atoms with Crippen LogP contribution in [0.2, 0.25) is 0 Å². The molecule has 0 saturated carbocycles. The lowest BCUT2D eigenvalue weighted by Crippen LogP contribution is -2.25. The summed E-state index contributed by atoms with van der Waals surface area (Å²) >= 11 is 0. The van der Waals surface area contributed by atoms with E-state index in [4.69, 9.17) is 4.74 Å². The van der Waals surface area contributed by atoms with Gasteiger partial charge in [0.05, 0.1) is 0 Å². The van der Waals surface area contributed by atoms with Crippen molar-refractivity contribution in [3.8, 4) is 0 Å². The van der Waals surface area contributed by atoms with Crippen LogP contribution >= 0.6 is 0 Å². The number of esters is 1. The molecule has 2 heterocycles. The summed E-state index contributed by atoms with van der Waals surface area (Å²) in [5.74, 6) is 0.451. The molecule has 0 radical (unpaired) electrons. The largest absolute Gasteiger partial charge is 0.455 e. The lowest BCUT2D eigenvalue weighted by molar-refractivity contribution is 0.00630. The van der Waals surface area contributed by atoms with Gasteiger partial charge in [-0.15, -0.1) is 0 Å². The van der Waals surface area contributed by atoms with Gasteiger partial charge in [0, 0.05) is 6.54 Å². The average Bonchev–Trinajstić information content (AvgIpc) is 2.26. The summed E-state index contributed by atoms with van der Waals surface area (Å²) in [5, 5.41) is 3.20. The number of carbonyl (C=O) groups is 1. The minimum absolute atomic E-state index is 0.368. The normalized spacial score (nSPS) is 14.8. The summed E-state index contributed by atoms with van der Waals surface area (Å²) in [6, 6.07) is 3.69. The van der Waals surface area contributed by atoms with Crippen LogP contribution in [0.1, 0.15) is 43.2 Å². The first-order chi connectivity index (χ1) is 7.96. The Morgan fingerprint density at radius 2 is 2.18 bits per heavy atom. The molecule has 0 unspecified atom stereocenters. The van der Waals surface area contributed by atoms with E-state index in [1.54, 1.807) is 6.07 Å². The first-order valence-corrected chi connectivity index (χ1v) is 5.93. The van der Waals surface area contributed by atoms with Crippen LogP contribution in [0.25, 0.3) is 0 Å². The molecule has 0 bridgehead atoms. The Morgan fingerprint density at radius 1 is 1.41 bits per heavy atom. The zero-order chi connectivity index (χ0) is 12.5. The highest BCUT2D eigenvalue weighted by Gasteiger charge is 2.20. The van der Waals surface area contributed by atoms with Gasteiger partial charge in [-0.25, -0.2) is 9.78 Å². The van der Waals surface area contributed by atoms with Crippen molar-refractivity contribution in [2.24, 2.45) is 0 Å². The molecule has 0 fully saturated rings. The molecular formula is C13H18N2O2. The number of nitrogens with one attached hydrogen (secondary N) is 1. The van der Waals surface area contributed by atoms with Gasteiger partial charge in [-0.3, -0.25) is 0 Å². The van der Waals surface area contributed by atoms with Gasteiger partial charge in [-0.1, -0.05) is 6.07 Å². The molecule has 1 aromatic heterocycles. The first kappa shape index (κ1) is 11.9. The summed E-state index contributed by atoms with van der Waals surface area (Å²) in [6.07, 6.45) is 2.13. The summed E-state index contributed by atoms with van der Waals surface area (Å²) in [4.78, 5) is 16.1. The first-order valence-electron chi connectivity index (χ1n) is 5.93. The maximum Gasteiger partial charge on any atom is 0.357 e. The SMILES string of the molecule is CC(C)(C)OC(=O)c1ccc2c(n1)NCCC2. The van der Waals surface area contributed by atoms with Gasteiger partial charge in [0.2, 0.25) is 0 Å². The predicted octanol–water partition coefficient (Wildman–Crippen LogP) is 2.40. The predicted molar refractivity (Wildman–Crippen MR) is 66.2 cm³/mol. The number of aromatic nitrogens is 1. The molecule has 1 aromatic rings. The maximum atomic E-state index is 11.8. The number of ether oxygens (including phenoxy) is 1. The fourth-order valence-corrected chi connectivity index (χ4v) is 1.77. The van der Waals surface area contributed by atoms with Crippen LogP contribution in [-0.4, -0.2) is 23.1 Å². The van der Waals surface area contributed by atoms with E-state index in [0.29, 0.717) is 5.69 Å². The molecule has 0 atom stereocenters. The van der Waals surface area contributed by atoms with E-state index in [9.17, 15) is 4.79 Å². The second-order valence-corrected chi connectivity index (χ2v) is 5.24. The Kier molecular flexibility index (Phi) is 3.05. The van der Waals surface area contributed by atoms with Crippen molar-refractivity contribution in [1.82, 2.24) is 4.98 Å². The number of aryl methyl sites for hydroxylation is 1. The third-order valence-electron chi connectivity index (χ3n) is 2.50. The molecule has 0 amide bonds. The number of anilines is 1. The zero-order valence-electron chi connectivity index (χ0n) is 10.5. The van der Waals surface area contributed by atoms with Gasteiger partial charge in [0.15, 0.2) is 5.69 Å². The van der Waals surface area contributed by atoms with Crippen molar-refractivity contribution >= 4 is 11.8 Å². The fourth-order valence-electron chi connectivity index (χ4n) is 1.77. The molecule has 0 saturated heterocycles. The van der Waals surface area contributed by atoms with Crippen LogP contribution in [0.15, 0.2) is 12.1 Å². The van der Waals surface area contributed by atoms with Crippen molar-refractivity contribution in [3.63, 3.8) is 0 Å². The van der Waals surface area contributed by atoms with E-state index < -0.39 is 5.60 Å². The number of fused-ring (bicyclic) bond motifs is 1. The summed E-state index contributed by atoms with van der Waals surface area (Å²) in [6.45, 7) is 6.46. The van der Waals surface area contributed by atoms with Crippen LogP contribution in [0, 0.1) is 0 Å². The highest BCUT2D eigenvalue weighted by Crippen LogP contribution is 2.20. The molecule has 2 rings (SSSR count). The molecule has 17 heavy (non-hydrogen) atoms. The van der Waals surface area contributed by atoms with E-state index in [-0.39, 0.29) is 5.97 Å². The van der Waals surface area contributed by atoms with Gasteiger partial charge in [0.25, 0.3) is 0 Å². The number of hydrogen-bond donors (Lipinski definition) is 1. The van der Waals surface area contributed by atoms with E-state index in [1.807, 2.05) is 26.8 Å². The van der Waals surface area contributed by atoms with Crippen LogP contribution in [0.3, 0.4) is 0 Å². The van der Waals surface area contributed by atoms with Gasteiger partial charge in [-0.05, 0) is 45.2 Å². The Hall–Kier alpha value is -1.58. The molecule has 92 valence electrons. The van der Waals surface area contributed by atoms with Crippen LogP contribution in [0.4, 0.5) is 5.82 Å². The summed E-state index contributed by atoms with van der Waals surface area (Å²) in [7, 11) is 0. The Morgan fingerprint density at radius 3 is 2.88 bits per heavy atom. The molecule has 4 heteroatoms. The number of rotatable bonds is 1. The van der Waals surface area contributed by atoms with Crippen LogP contribution in [0.5, 0.6) is 0 Å². The fraction of sp³-hybridized carbons (Fsp3) is 0.538. The Balaban J connectivity index is 2.19. The van der Waals surface area contributed by atoms with Crippen molar-refractivity contribution in [3.05, 3.63) is 23.4 Å². The second-order valence-electron chi connectivity index (χ2n) is 5.24. The number of hydrogen-bond acceptors (Lipinski definition) is 4. The summed E-state index contributed by atoms with van der Waals surface area (Å²) in [5.41, 5.74) is 1.05. The lowest BCUT2D eigenvalue weighted by atomic mass is 10.1. The third kappa shape index (κ3) is 2.96. The van der Waals surface area contributed by atoms with Crippen molar-refractivity contribution in [2.45, 2.75) is 39.2 Å². The van der Waals surface area contributed by atoms with Gasteiger partial charge in [-0.2, -0.15) is 0 Å². The maximum absolute atomic E-state index is 11.8. The topological polar surface area (TPSA) is 51.2 Å². The standard InChI is InChI=1S/C13H18N2O2/c1-13(2,3)17-12(16)10-7-6-9-5-4-8-14-11(9)15-10/h6-7H,4-5,8H2,1-3H3,(H,14,15). The lowest BCUT2D eigenvalue weighted by Gasteiger charge is -2.20. The van der Waals surface area contributed by atoms with Crippen molar-refractivity contribution < 1.29 is 9.53 Å². The van der Waals surface area contributed by atoms with E-state index in [1.165, 1.54) is 5.56 Å². The Bertz CT molecular complexity index is 436. The molecule has 1 aliphatic rings. The van der Waals surface area contributed by atoms with E-state index >= 15 is 0 Å². The second kappa shape index (κ2) is 4.35. The van der Waals surface area contributed by atoms with E-state index in [2.05, 4.69) is 10.3 Å². The minimum atomic E-state index is -0.484. The molecule has 1 aliphatic heterocycles. The average molecular weight is 234 g/mol. The van der Waals surface area contributed by atoms with E-state index in [0.717, 1.165) is 25.2 Å². The zero-order valence-corrected chi connectivity index (χ0v) is 10.5. The minimum Gasteiger partial charge on any atom is -0.455 e. The van der Waals surface area contributed by atoms with Crippen LogP contribution < -0.4 is 5.32 Å². The molecular weight excluding hydrogens is 216 g/mol. The number of nitrogens with zero attached hydrogens (tertiary/aromatic N) is 1. The highest BCUT2D eigenvalue weighted by atomic mass is 16.6. The monoisotopic (exact) mass is 234 g/mol. The third-order valence-corrected chi connectivity index (χ3v) is 2.50. The highest BCUT2D eigenvalue weighted by molar-refractivity contribution is 5.88. The quantitative estimate of drug-likeness (QED) is 0.758. The molecule has 0 aromatic carbocycles. The Labute approximate surface area is 101 Å². The molecule has 1 N–H and O–H groups in total. The van der Waals surface area contributed by atoms with Crippen molar-refractivity contribution in [2.75, 3.05) is 11.9 Å².